The first-order valence-corrected chi connectivity index (χ1v) is 7.27. The summed E-state index contributed by atoms with van der Waals surface area (Å²) in [7, 11) is 0. The van der Waals surface area contributed by atoms with Crippen LogP contribution >= 0.6 is 0 Å². The fraction of sp³-hybridized carbons (Fsp3) is 0.312. The van der Waals surface area contributed by atoms with Crippen LogP contribution in [0.3, 0.4) is 0 Å². The predicted octanol–water partition coefficient (Wildman–Crippen LogP) is 3.15. The maximum absolute atomic E-state index is 12.6. The summed E-state index contributed by atoms with van der Waals surface area (Å²) in [6.07, 6.45) is -3.24. The minimum Gasteiger partial charge on any atom is -0.485 e. The highest BCUT2D eigenvalue weighted by atomic mass is 19.4. The van der Waals surface area contributed by atoms with Crippen LogP contribution in [0.15, 0.2) is 41.4 Å². The third kappa shape index (κ3) is 5.63. The van der Waals surface area contributed by atoms with E-state index in [2.05, 4.69) is 16.7 Å². The molecule has 1 heterocycles. The third-order valence-electron chi connectivity index (χ3n) is 3.05. The molecule has 1 aromatic carbocycles. The highest BCUT2D eigenvalue weighted by molar-refractivity contribution is 5.94. The van der Waals surface area contributed by atoms with Crippen LogP contribution in [0, 0.1) is 6.92 Å². The fourth-order valence-electron chi connectivity index (χ4n) is 2.02. The molecular formula is C16H16F3N3O3. The summed E-state index contributed by atoms with van der Waals surface area (Å²) in [5.74, 6) is 0.453. The summed E-state index contributed by atoms with van der Waals surface area (Å²) in [6.45, 7) is 3.55. The molecule has 2 aromatic rings. The fourth-order valence-corrected chi connectivity index (χ4v) is 2.02. The monoisotopic (exact) mass is 355 g/mol. The molecule has 0 spiro atoms. The minimum atomic E-state index is -4.48. The topological polar surface area (TPSA) is 68.5 Å². The first kappa shape index (κ1) is 18.5. The molecule has 1 aromatic heterocycles. The number of aryl methyl sites for hydroxylation is 1. The molecular weight excluding hydrogens is 339 g/mol. The maximum Gasteiger partial charge on any atom is 0.406 e. The SMILES string of the molecule is C=CCN(CC(F)(F)F)C(=O)c1ccc(OCc2noc(C)n2)cc1. The average molecular weight is 355 g/mol. The van der Waals surface area contributed by atoms with Gasteiger partial charge in [0.15, 0.2) is 6.61 Å². The molecule has 0 saturated carbocycles. The Morgan fingerprint density at radius 3 is 2.56 bits per heavy atom. The molecule has 134 valence electrons. The number of nitrogens with zero attached hydrogens (tertiary/aromatic N) is 3. The van der Waals surface area contributed by atoms with E-state index in [1.54, 1.807) is 6.92 Å². The lowest BCUT2D eigenvalue weighted by atomic mass is 10.2. The van der Waals surface area contributed by atoms with Crippen LogP contribution in [0.1, 0.15) is 22.1 Å². The molecule has 0 saturated heterocycles. The van der Waals surface area contributed by atoms with Crippen LogP contribution in [0.5, 0.6) is 5.75 Å². The molecule has 6 nitrogen and oxygen atoms in total. The number of benzene rings is 1. The van der Waals surface area contributed by atoms with Crippen molar-refractivity contribution in [1.29, 1.82) is 0 Å². The van der Waals surface area contributed by atoms with Gasteiger partial charge in [0.1, 0.15) is 12.3 Å². The molecule has 25 heavy (non-hydrogen) atoms. The van der Waals surface area contributed by atoms with Crippen molar-refractivity contribution in [3.63, 3.8) is 0 Å². The number of hydrogen-bond donors (Lipinski definition) is 0. The Morgan fingerprint density at radius 2 is 2.04 bits per heavy atom. The van der Waals surface area contributed by atoms with Gasteiger partial charge < -0.3 is 14.2 Å². The summed E-state index contributed by atoms with van der Waals surface area (Å²) >= 11 is 0. The van der Waals surface area contributed by atoms with Crippen LogP contribution < -0.4 is 4.74 Å². The predicted molar refractivity (Wildman–Crippen MR) is 82.0 cm³/mol. The smallest absolute Gasteiger partial charge is 0.406 e. The number of ether oxygens (including phenoxy) is 1. The second kappa shape index (κ2) is 7.82. The van der Waals surface area contributed by atoms with Gasteiger partial charge in [-0.2, -0.15) is 18.2 Å². The lowest BCUT2D eigenvalue weighted by molar-refractivity contribution is -0.139. The van der Waals surface area contributed by atoms with Crippen molar-refractivity contribution >= 4 is 5.91 Å². The van der Waals surface area contributed by atoms with Crippen molar-refractivity contribution in [1.82, 2.24) is 15.0 Å². The number of halogens is 3. The van der Waals surface area contributed by atoms with Gasteiger partial charge in [-0.25, -0.2) is 0 Å². The normalized spacial score (nSPS) is 11.2. The summed E-state index contributed by atoms with van der Waals surface area (Å²) in [6, 6.07) is 5.76. The molecule has 0 bridgehead atoms. The number of carbonyl (C=O) groups is 1. The van der Waals surface area contributed by atoms with E-state index >= 15 is 0 Å². The number of amides is 1. The summed E-state index contributed by atoms with van der Waals surface area (Å²) in [5.41, 5.74) is 0.119. The van der Waals surface area contributed by atoms with Gasteiger partial charge in [0.05, 0.1) is 0 Å². The van der Waals surface area contributed by atoms with Gasteiger partial charge in [-0.05, 0) is 24.3 Å². The highest BCUT2D eigenvalue weighted by Crippen LogP contribution is 2.19. The van der Waals surface area contributed by atoms with Crippen molar-refractivity contribution in [3.8, 4) is 5.75 Å². The largest absolute Gasteiger partial charge is 0.485 e. The van der Waals surface area contributed by atoms with Crippen molar-refractivity contribution in [3.05, 3.63) is 54.2 Å². The summed E-state index contributed by atoms with van der Waals surface area (Å²) in [5, 5.41) is 3.67. The van der Waals surface area contributed by atoms with Crippen molar-refractivity contribution in [2.45, 2.75) is 19.7 Å². The molecule has 9 heteroatoms. The van der Waals surface area contributed by atoms with E-state index in [4.69, 9.17) is 9.26 Å². The van der Waals surface area contributed by atoms with Crippen LogP contribution in [0.4, 0.5) is 13.2 Å². The first-order valence-electron chi connectivity index (χ1n) is 7.27. The number of aromatic nitrogens is 2. The van der Waals surface area contributed by atoms with Crippen LogP contribution in [-0.4, -0.2) is 40.2 Å². The number of hydrogen-bond acceptors (Lipinski definition) is 5. The quantitative estimate of drug-likeness (QED) is 0.714. The number of alkyl halides is 3. The molecule has 0 aliphatic rings. The zero-order chi connectivity index (χ0) is 18.4. The molecule has 2 rings (SSSR count). The summed E-state index contributed by atoms with van der Waals surface area (Å²) < 4.78 is 47.9. The second-order valence-electron chi connectivity index (χ2n) is 5.13. The zero-order valence-electron chi connectivity index (χ0n) is 13.4. The van der Waals surface area contributed by atoms with E-state index in [0.29, 0.717) is 22.4 Å². The molecule has 0 aliphatic heterocycles. The molecule has 0 fully saturated rings. The minimum absolute atomic E-state index is 0.0707. The number of rotatable bonds is 7. The molecule has 0 N–H and O–H groups in total. The zero-order valence-corrected chi connectivity index (χ0v) is 13.4. The van der Waals surface area contributed by atoms with Crippen LogP contribution in [0.2, 0.25) is 0 Å². The Hall–Kier alpha value is -2.84. The van der Waals surface area contributed by atoms with Crippen LogP contribution in [0.25, 0.3) is 0 Å². The van der Waals surface area contributed by atoms with Gasteiger partial charge in [0.25, 0.3) is 5.91 Å². The van der Waals surface area contributed by atoms with Gasteiger partial charge >= 0.3 is 6.18 Å². The van der Waals surface area contributed by atoms with E-state index in [1.807, 2.05) is 0 Å². The second-order valence-corrected chi connectivity index (χ2v) is 5.13. The van der Waals surface area contributed by atoms with Crippen molar-refractivity contribution in [2.75, 3.05) is 13.1 Å². The Balaban J connectivity index is 2.01. The lowest BCUT2D eigenvalue weighted by Gasteiger charge is -2.22. The van der Waals surface area contributed by atoms with Gasteiger partial charge in [-0.3, -0.25) is 4.79 Å². The lowest BCUT2D eigenvalue weighted by Crippen LogP contribution is -2.39. The van der Waals surface area contributed by atoms with Gasteiger partial charge in [0, 0.05) is 19.0 Å². The molecule has 0 unspecified atom stereocenters. The third-order valence-corrected chi connectivity index (χ3v) is 3.05. The van der Waals surface area contributed by atoms with Crippen molar-refractivity contribution in [2.24, 2.45) is 0 Å². The Bertz CT molecular complexity index is 726. The first-order chi connectivity index (χ1) is 11.8. The Labute approximate surface area is 141 Å². The van der Waals surface area contributed by atoms with E-state index < -0.39 is 18.6 Å². The van der Waals surface area contributed by atoms with Crippen LogP contribution in [-0.2, 0) is 6.61 Å². The van der Waals surface area contributed by atoms with E-state index in [1.165, 1.54) is 30.3 Å². The Morgan fingerprint density at radius 1 is 1.36 bits per heavy atom. The number of carbonyl (C=O) groups excluding carboxylic acids is 1. The van der Waals surface area contributed by atoms with Gasteiger partial charge in [0.2, 0.25) is 11.7 Å². The highest BCUT2D eigenvalue weighted by Gasteiger charge is 2.32. The molecule has 0 atom stereocenters. The maximum atomic E-state index is 12.6. The van der Waals surface area contributed by atoms with Gasteiger partial charge in [-0.1, -0.05) is 11.2 Å². The van der Waals surface area contributed by atoms with Crippen molar-refractivity contribution < 1.29 is 27.2 Å². The molecule has 0 radical (unpaired) electrons. The van der Waals surface area contributed by atoms with E-state index in [-0.39, 0.29) is 18.7 Å². The standard InChI is InChI=1S/C16H16F3N3O3/c1-3-8-22(10-16(17,18)19)15(23)12-4-6-13(7-5-12)24-9-14-20-11(2)25-21-14/h3-7H,1,8-10H2,2H3. The Kier molecular flexibility index (Phi) is 5.79. The molecule has 0 aliphatic carbocycles. The summed E-state index contributed by atoms with van der Waals surface area (Å²) in [4.78, 5) is 16.9. The van der Waals surface area contributed by atoms with E-state index in [9.17, 15) is 18.0 Å². The molecule has 1 amide bonds. The van der Waals surface area contributed by atoms with Gasteiger partial charge in [-0.15, -0.1) is 6.58 Å². The average Bonchev–Trinajstić information content (AvgIpc) is 2.97. The van der Waals surface area contributed by atoms with E-state index in [0.717, 1.165) is 0 Å².